The zero-order valence-electron chi connectivity index (χ0n) is 7.71. The van der Waals surface area contributed by atoms with Gasteiger partial charge in [-0.05, 0) is 38.7 Å². The molecule has 0 saturated carbocycles. The summed E-state index contributed by atoms with van der Waals surface area (Å²) >= 11 is 5.78. The molecule has 1 nitrogen and oxygen atoms in total. The van der Waals surface area contributed by atoms with Crippen molar-refractivity contribution >= 4 is 11.6 Å². The normalized spacial score (nSPS) is 13.4. The molecule has 0 radical (unpaired) electrons. The molecule has 1 atom stereocenters. The molecule has 0 bridgehead atoms. The van der Waals surface area contributed by atoms with E-state index in [1.165, 1.54) is 5.56 Å². The average Bonchev–Trinajstić information content (AvgIpc) is 2.04. The van der Waals surface area contributed by atoms with Gasteiger partial charge in [-0.2, -0.15) is 0 Å². The van der Waals surface area contributed by atoms with Crippen LogP contribution in [0.5, 0.6) is 0 Å². The van der Waals surface area contributed by atoms with Gasteiger partial charge in [-0.3, -0.25) is 0 Å². The largest absolute Gasteiger partial charge is 0.303 e. The Labute approximate surface area is 79.0 Å². The molecule has 1 aromatic carbocycles. The van der Waals surface area contributed by atoms with E-state index in [2.05, 4.69) is 38.1 Å². The molecule has 0 N–H and O–H groups in total. The molecule has 0 spiro atoms. The van der Waals surface area contributed by atoms with Gasteiger partial charge in [0, 0.05) is 11.1 Å². The summed E-state index contributed by atoms with van der Waals surface area (Å²) < 4.78 is 0. The molecular formula is C10H14ClN. The Morgan fingerprint density at radius 1 is 1.17 bits per heavy atom. The Morgan fingerprint density at radius 2 is 1.67 bits per heavy atom. The first-order valence-electron chi connectivity index (χ1n) is 4.03. The zero-order valence-corrected chi connectivity index (χ0v) is 8.47. The molecule has 0 heterocycles. The number of hydrogen-bond acceptors (Lipinski definition) is 1. The van der Waals surface area contributed by atoms with Gasteiger partial charge >= 0.3 is 0 Å². The van der Waals surface area contributed by atoms with E-state index in [0.29, 0.717) is 6.04 Å². The van der Waals surface area contributed by atoms with Crippen LogP contribution in [0.1, 0.15) is 18.5 Å². The van der Waals surface area contributed by atoms with Crippen LogP contribution < -0.4 is 0 Å². The molecule has 0 aliphatic heterocycles. The highest BCUT2D eigenvalue weighted by atomic mass is 35.5. The second-order valence-corrected chi connectivity index (χ2v) is 3.63. The molecule has 0 aliphatic rings. The SMILES string of the molecule is C[C@H](c1ccc(Cl)cc1)N(C)C. The summed E-state index contributed by atoms with van der Waals surface area (Å²) in [6, 6.07) is 8.43. The van der Waals surface area contributed by atoms with Crippen LogP contribution in [0.3, 0.4) is 0 Å². The van der Waals surface area contributed by atoms with Gasteiger partial charge in [-0.15, -0.1) is 0 Å². The van der Waals surface area contributed by atoms with Crippen molar-refractivity contribution in [3.05, 3.63) is 34.9 Å². The third-order valence-electron chi connectivity index (χ3n) is 2.13. The van der Waals surface area contributed by atoms with Crippen molar-refractivity contribution in [2.45, 2.75) is 13.0 Å². The lowest BCUT2D eigenvalue weighted by atomic mass is 10.1. The fourth-order valence-electron chi connectivity index (χ4n) is 1.04. The Kier molecular flexibility index (Phi) is 3.12. The summed E-state index contributed by atoms with van der Waals surface area (Å²) in [6.45, 7) is 2.17. The standard InChI is InChI=1S/C10H14ClN/c1-8(12(2)3)9-4-6-10(11)7-5-9/h4-8H,1-3H3/t8-/m1/s1. The molecule has 0 unspecified atom stereocenters. The van der Waals surface area contributed by atoms with Crippen LogP contribution in [0, 0.1) is 0 Å². The van der Waals surface area contributed by atoms with E-state index < -0.39 is 0 Å². The highest BCUT2D eigenvalue weighted by Crippen LogP contribution is 2.19. The Hall–Kier alpha value is -0.530. The Bertz CT molecular complexity index is 241. The third-order valence-corrected chi connectivity index (χ3v) is 2.38. The van der Waals surface area contributed by atoms with Crippen molar-refractivity contribution in [3.8, 4) is 0 Å². The van der Waals surface area contributed by atoms with Crippen molar-refractivity contribution in [2.75, 3.05) is 14.1 Å². The van der Waals surface area contributed by atoms with E-state index in [9.17, 15) is 0 Å². The van der Waals surface area contributed by atoms with Gasteiger partial charge in [0.1, 0.15) is 0 Å². The van der Waals surface area contributed by atoms with Crippen molar-refractivity contribution in [3.63, 3.8) is 0 Å². The molecule has 0 amide bonds. The number of benzene rings is 1. The first-order chi connectivity index (χ1) is 5.61. The fourth-order valence-corrected chi connectivity index (χ4v) is 1.17. The summed E-state index contributed by atoms with van der Waals surface area (Å²) in [5.41, 5.74) is 1.30. The Balaban J connectivity index is 2.82. The van der Waals surface area contributed by atoms with E-state index in [1.807, 2.05) is 12.1 Å². The maximum Gasteiger partial charge on any atom is 0.0406 e. The minimum atomic E-state index is 0.447. The van der Waals surface area contributed by atoms with Crippen molar-refractivity contribution < 1.29 is 0 Å². The van der Waals surface area contributed by atoms with E-state index in [1.54, 1.807) is 0 Å². The number of rotatable bonds is 2. The molecule has 0 fully saturated rings. The molecule has 1 aromatic rings. The average molecular weight is 184 g/mol. The van der Waals surface area contributed by atoms with Gasteiger partial charge in [0.2, 0.25) is 0 Å². The Morgan fingerprint density at radius 3 is 2.08 bits per heavy atom. The van der Waals surface area contributed by atoms with Crippen molar-refractivity contribution in [1.82, 2.24) is 4.90 Å². The van der Waals surface area contributed by atoms with E-state index in [4.69, 9.17) is 11.6 Å². The molecular weight excluding hydrogens is 170 g/mol. The lowest BCUT2D eigenvalue weighted by molar-refractivity contribution is 0.321. The zero-order chi connectivity index (χ0) is 9.14. The van der Waals surface area contributed by atoms with Crippen LogP contribution in [0.15, 0.2) is 24.3 Å². The van der Waals surface area contributed by atoms with E-state index >= 15 is 0 Å². The first kappa shape index (κ1) is 9.56. The first-order valence-corrected chi connectivity index (χ1v) is 4.41. The van der Waals surface area contributed by atoms with Crippen LogP contribution in [-0.4, -0.2) is 19.0 Å². The van der Waals surface area contributed by atoms with Crippen molar-refractivity contribution in [2.24, 2.45) is 0 Å². The van der Waals surface area contributed by atoms with Crippen LogP contribution in [0.25, 0.3) is 0 Å². The van der Waals surface area contributed by atoms with Gasteiger partial charge in [0.05, 0.1) is 0 Å². The lowest BCUT2D eigenvalue weighted by Crippen LogP contribution is -2.16. The molecule has 0 aliphatic carbocycles. The highest BCUT2D eigenvalue weighted by Gasteiger charge is 2.05. The summed E-state index contributed by atoms with van der Waals surface area (Å²) in [6.07, 6.45) is 0. The second-order valence-electron chi connectivity index (χ2n) is 3.19. The molecule has 0 saturated heterocycles. The summed E-state index contributed by atoms with van der Waals surface area (Å²) in [5, 5.41) is 0.796. The van der Waals surface area contributed by atoms with Crippen LogP contribution >= 0.6 is 11.6 Å². The smallest absolute Gasteiger partial charge is 0.0406 e. The fraction of sp³-hybridized carbons (Fsp3) is 0.400. The molecule has 0 aromatic heterocycles. The molecule has 1 rings (SSSR count). The van der Waals surface area contributed by atoms with Crippen molar-refractivity contribution in [1.29, 1.82) is 0 Å². The van der Waals surface area contributed by atoms with E-state index in [-0.39, 0.29) is 0 Å². The predicted molar refractivity (Wildman–Crippen MR) is 53.6 cm³/mol. The van der Waals surface area contributed by atoms with Crippen LogP contribution in [0.4, 0.5) is 0 Å². The number of hydrogen-bond donors (Lipinski definition) is 0. The molecule has 12 heavy (non-hydrogen) atoms. The quantitative estimate of drug-likeness (QED) is 0.682. The van der Waals surface area contributed by atoms with Gasteiger partial charge in [0.15, 0.2) is 0 Å². The summed E-state index contributed by atoms with van der Waals surface area (Å²) in [5.74, 6) is 0. The maximum atomic E-state index is 5.78. The lowest BCUT2D eigenvalue weighted by Gasteiger charge is -2.19. The number of halogens is 1. The van der Waals surface area contributed by atoms with Crippen LogP contribution in [0.2, 0.25) is 5.02 Å². The van der Waals surface area contributed by atoms with Gasteiger partial charge in [-0.25, -0.2) is 0 Å². The summed E-state index contributed by atoms with van der Waals surface area (Å²) in [4.78, 5) is 2.17. The predicted octanol–water partition coefficient (Wildman–Crippen LogP) is 2.96. The highest BCUT2D eigenvalue weighted by molar-refractivity contribution is 6.30. The second kappa shape index (κ2) is 3.92. The monoisotopic (exact) mass is 183 g/mol. The topological polar surface area (TPSA) is 3.24 Å². The minimum Gasteiger partial charge on any atom is -0.303 e. The minimum absolute atomic E-state index is 0.447. The maximum absolute atomic E-state index is 5.78. The summed E-state index contributed by atoms with van der Waals surface area (Å²) in [7, 11) is 4.14. The van der Waals surface area contributed by atoms with Gasteiger partial charge in [0.25, 0.3) is 0 Å². The van der Waals surface area contributed by atoms with E-state index in [0.717, 1.165) is 5.02 Å². The van der Waals surface area contributed by atoms with Gasteiger partial charge < -0.3 is 4.90 Å². The van der Waals surface area contributed by atoms with Gasteiger partial charge in [-0.1, -0.05) is 23.7 Å². The number of nitrogens with zero attached hydrogens (tertiary/aromatic N) is 1. The molecule has 2 heteroatoms. The third kappa shape index (κ3) is 2.23. The van der Waals surface area contributed by atoms with Crippen LogP contribution in [-0.2, 0) is 0 Å². The molecule has 66 valence electrons.